The number of nitrogens with zero attached hydrogens (tertiary/aromatic N) is 3. The van der Waals surface area contributed by atoms with E-state index < -0.39 is 17.7 Å². The van der Waals surface area contributed by atoms with Gasteiger partial charge < -0.3 is 10.0 Å². The van der Waals surface area contributed by atoms with E-state index in [0.717, 1.165) is 38.3 Å². The summed E-state index contributed by atoms with van der Waals surface area (Å²) in [6.45, 7) is 6.76. The molecule has 1 aliphatic rings. The van der Waals surface area contributed by atoms with Gasteiger partial charge in [0.25, 0.3) is 0 Å². The van der Waals surface area contributed by atoms with Gasteiger partial charge in [0.05, 0.1) is 6.10 Å². The number of aliphatic hydroxyl groups excluding tert-OH is 1. The van der Waals surface area contributed by atoms with Crippen molar-refractivity contribution in [3.05, 3.63) is 35.4 Å². The Morgan fingerprint density at radius 2 is 1.87 bits per heavy atom. The van der Waals surface area contributed by atoms with Gasteiger partial charge in [-0.25, -0.2) is 8.78 Å². The molecule has 1 aromatic carbocycles. The molecule has 1 saturated heterocycles. The van der Waals surface area contributed by atoms with Crippen LogP contribution in [0.5, 0.6) is 0 Å². The normalized spacial score (nSPS) is 20.0. The third kappa shape index (κ3) is 5.21. The molecule has 1 aromatic rings. The maximum atomic E-state index is 13.9. The first-order valence-electron chi connectivity index (χ1n) is 8.11. The van der Waals surface area contributed by atoms with Crippen molar-refractivity contribution >= 4 is 0 Å². The molecule has 6 heteroatoms. The highest BCUT2D eigenvalue weighted by Crippen LogP contribution is 2.23. The predicted octanol–water partition coefficient (Wildman–Crippen LogP) is 1.57. The molecule has 23 heavy (non-hydrogen) atoms. The van der Waals surface area contributed by atoms with Crippen LogP contribution in [0.3, 0.4) is 0 Å². The minimum atomic E-state index is -0.512. The first-order valence-corrected chi connectivity index (χ1v) is 8.11. The fraction of sp³-hybridized carbons (Fsp3) is 0.647. The number of hydrogen-bond acceptors (Lipinski definition) is 4. The van der Waals surface area contributed by atoms with E-state index in [-0.39, 0.29) is 6.04 Å². The Kier molecular flexibility index (Phi) is 6.47. The van der Waals surface area contributed by atoms with Crippen LogP contribution < -0.4 is 0 Å². The van der Waals surface area contributed by atoms with Crippen LogP contribution in [0.2, 0.25) is 0 Å². The zero-order valence-corrected chi connectivity index (χ0v) is 14.2. The molecule has 1 fully saturated rings. The molecular weight excluding hydrogens is 300 g/mol. The molecule has 1 N–H and O–H groups in total. The number of benzene rings is 1. The van der Waals surface area contributed by atoms with Crippen molar-refractivity contribution in [2.24, 2.45) is 0 Å². The number of β-amino-alcohol motifs (C(OH)–C–C–N with tert-alkyl or cyclic N) is 1. The van der Waals surface area contributed by atoms with Gasteiger partial charge in [0.1, 0.15) is 11.6 Å². The number of rotatable bonds is 6. The van der Waals surface area contributed by atoms with Gasteiger partial charge in [0.2, 0.25) is 0 Å². The summed E-state index contributed by atoms with van der Waals surface area (Å²) in [5.74, 6) is -0.862. The average Bonchev–Trinajstić information content (AvgIpc) is 2.51. The molecule has 1 heterocycles. The van der Waals surface area contributed by atoms with Crippen molar-refractivity contribution in [1.29, 1.82) is 0 Å². The highest BCUT2D eigenvalue weighted by atomic mass is 19.1. The van der Waals surface area contributed by atoms with Gasteiger partial charge in [-0.3, -0.25) is 9.80 Å². The van der Waals surface area contributed by atoms with E-state index in [0.29, 0.717) is 18.7 Å². The van der Waals surface area contributed by atoms with Crippen molar-refractivity contribution < 1.29 is 13.9 Å². The third-order valence-corrected chi connectivity index (χ3v) is 4.63. The first-order chi connectivity index (χ1) is 10.9. The third-order valence-electron chi connectivity index (χ3n) is 4.63. The lowest BCUT2D eigenvalue weighted by atomic mass is 10.1. The Bertz CT molecular complexity index is 507. The Morgan fingerprint density at radius 1 is 1.22 bits per heavy atom. The van der Waals surface area contributed by atoms with Crippen LogP contribution in [0.4, 0.5) is 8.78 Å². The smallest absolute Gasteiger partial charge is 0.128 e. The highest BCUT2D eigenvalue weighted by Gasteiger charge is 2.21. The average molecular weight is 327 g/mol. The van der Waals surface area contributed by atoms with Gasteiger partial charge >= 0.3 is 0 Å². The zero-order valence-electron chi connectivity index (χ0n) is 14.2. The van der Waals surface area contributed by atoms with Gasteiger partial charge in [-0.1, -0.05) is 0 Å². The van der Waals surface area contributed by atoms with Crippen LogP contribution >= 0.6 is 0 Å². The molecule has 1 aliphatic heterocycles. The van der Waals surface area contributed by atoms with E-state index in [1.165, 1.54) is 6.07 Å². The molecule has 0 radical (unpaired) electrons. The van der Waals surface area contributed by atoms with E-state index in [4.69, 9.17) is 0 Å². The molecule has 2 rings (SSSR count). The summed E-state index contributed by atoms with van der Waals surface area (Å²) in [7, 11) is 3.92. The van der Waals surface area contributed by atoms with Gasteiger partial charge in [-0.05, 0) is 39.2 Å². The molecule has 2 unspecified atom stereocenters. The summed E-state index contributed by atoms with van der Waals surface area (Å²) >= 11 is 0. The quantitative estimate of drug-likeness (QED) is 0.859. The van der Waals surface area contributed by atoms with Crippen LogP contribution in [0.15, 0.2) is 18.2 Å². The summed E-state index contributed by atoms with van der Waals surface area (Å²) < 4.78 is 27.2. The lowest BCUT2D eigenvalue weighted by Crippen LogP contribution is -2.48. The van der Waals surface area contributed by atoms with Gasteiger partial charge in [0, 0.05) is 50.9 Å². The molecular formula is C17H27F2N3O. The fourth-order valence-corrected chi connectivity index (χ4v) is 2.95. The Hall–Kier alpha value is -1.08. The van der Waals surface area contributed by atoms with E-state index in [2.05, 4.69) is 16.8 Å². The topological polar surface area (TPSA) is 30.0 Å². The molecule has 0 bridgehead atoms. The Morgan fingerprint density at radius 3 is 2.52 bits per heavy atom. The van der Waals surface area contributed by atoms with Crippen LogP contribution in [0, 0.1) is 11.6 Å². The lowest BCUT2D eigenvalue weighted by molar-refractivity contribution is 0.0526. The van der Waals surface area contributed by atoms with E-state index in [9.17, 15) is 13.9 Å². The number of likely N-dealkylation sites (N-methyl/N-ethyl adjacent to an activating group) is 2. The molecule has 0 aliphatic carbocycles. The number of aliphatic hydroxyl groups is 1. The summed E-state index contributed by atoms with van der Waals surface area (Å²) in [5, 5.41) is 10.3. The zero-order chi connectivity index (χ0) is 17.0. The second-order valence-electron chi connectivity index (χ2n) is 6.54. The second-order valence-corrected chi connectivity index (χ2v) is 6.54. The SMILES string of the molecule is CC(c1cc(F)ccc1F)N(C)CC(O)CN1CCN(C)CC1. The minimum absolute atomic E-state index is 0.298. The summed E-state index contributed by atoms with van der Waals surface area (Å²) in [6, 6.07) is 3.19. The monoisotopic (exact) mass is 327 g/mol. The Labute approximate surface area is 137 Å². The van der Waals surface area contributed by atoms with Gasteiger partial charge in [0.15, 0.2) is 0 Å². The van der Waals surface area contributed by atoms with Crippen LogP contribution in [-0.2, 0) is 0 Å². The number of piperazine rings is 1. The van der Waals surface area contributed by atoms with Crippen LogP contribution in [0.1, 0.15) is 18.5 Å². The summed E-state index contributed by atoms with van der Waals surface area (Å²) in [6.07, 6.45) is -0.512. The molecule has 2 atom stereocenters. The maximum Gasteiger partial charge on any atom is 0.128 e. The first kappa shape index (κ1) is 18.3. The van der Waals surface area contributed by atoms with Crippen molar-refractivity contribution in [2.75, 3.05) is 53.4 Å². The molecule has 130 valence electrons. The van der Waals surface area contributed by atoms with E-state index in [1.807, 2.05) is 18.9 Å². The van der Waals surface area contributed by atoms with E-state index >= 15 is 0 Å². The largest absolute Gasteiger partial charge is 0.390 e. The van der Waals surface area contributed by atoms with Crippen LogP contribution in [0.25, 0.3) is 0 Å². The van der Waals surface area contributed by atoms with Gasteiger partial charge in [-0.2, -0.15) is 0 Å². The summed E-state index contributed by atoms with van der Waals surface area (Å²) in [5.41, 5.74) is 0.319. The highest BCUT2D eigenvalue weighted by molar-refractivity contribution is 5.21. The predicted molar refractivity (Wildman–Crippen MR) is 87.3 cm³/mol. The number of hydrogen-bond donors (Lipinski definition) is 1. The van der Waals surface area contributed by atoms with Crippen molar-refractivity contribution in [3.8, 4) is 0 Å². The molecule has 0 saturated carbocycles. The molecule has 0 amide bonds. The Balaban J connectivity index is 1.87. The summed E-state index contributed by atoms with van der Waals surface area (Å²) in [4.78, 5) is 6.37. The van der Waals surface area contributed by atoms with Crippen molar-refractivity contribution in [1.82, 2.24) is 14.7 Å². The van der Waals surface area contributed by atoms with Gasteiger partial charge in [-0.15, -0.1) is 0 Å². The number of halogens is 2. The second kappa shape index (κ2) is 8.15. The molecule has 4 nitrogen and oxygen atoms in total. The van der Waals surface area contributed by atoms with Crippen molar-refractivity contribution in [3.63, 3.8) is 0 Å². The lowest BCUT2D eigenvalue weighted by Gasteiger charge is -2.35. The van der Waals surface area contributed by atoms with Crippen LogP contribution in [-0.4, -0.2) is 79.3 Å². The van der Waals surface area contributed by atoms with E-state index in [1.54, 1.807) is 0 Å². The standard InChI is InChI=1S/C17H27F2N3O/c1-13(16-10-14(18)4-5-17(16)19)21(3)11-15(23)12-22-8-6-20(2)7-9-22/h4-5,10,13,15,23H,6-9,11-12H2,1-3H3. The molecule has 0 aromatic heterocycles. The van der Waals surface area contributed by atoms with Crippen molar-refractivity contribution in [2.45, 2.75) is 19.1 Å². The maximum absolute atomic E-state index is 13.9. The fourth-order valence-electron chi connectivity index (χ4n) is 2.95. The minimum Gasteiger partial charge on any atom is -0.390 e. The molecule has 0 spiro atoms.